The Morgan fingerprint density at radius 2 is 2.21 bits per heavy atom. The Bertz CT molecular complexity index is 768. The van der Waals surface area contributed by atoms with Crippen molar-refractivity contribution < 1.29 is 23.8 Å². The standard InChI is InChI=1S/C16H14BrFN2O4/c1-23-15-7-13(17)10(5-14(15)21)8-19-20-16(22)9-24-12-4-2-3-11(18)6-12/h2-8,21H,9H2,1H3,(H,20,22)/b19-8-. The van der Waals surface area contributed by atoms with Gasteiger partial charge in [-0.25, -0.2) is 9.82 Å². The van der Waals surface area contributed by atoms with E-state index >= 15 is 0 Å². The van der Waals surface area contributed by atoms with Crippen LogP contribution in [0.3, 0.4) is 0 Å². The van der Waals surface area contributed by atoms with Crippen LogP contribution in [-0.2, 0) is 4.79 Å². The highest BCUT2D eigenvalue weighted by Gasteiger charge is 2.07. The lowest BCUT2D eigenvalue weighted by molar-refractivity contribution is -0.123. The van der Waals surface area contributed by atoms with Crippen molar-refractivity contribution in [1.82, 2.24) is 5.43 Å². The van der Waals surface area contributed by atoms with Gasteiger partial charge in [-0.2, -0.15) is 5.10 Å². The highest BCUT2D eigenvalue weighted by molar-refractivity contribution is 9.10. The number of hydrogen-bond donors (Lipinski definition) is 2. The van der Waals surface area contributed by atoms with Crippen molar-refractivity contribution in [3.05, 3.63) is 52.3 Å². The summed E-state index contributed by atoms with van der Waals surface area (Å²) in [6.07, 6.45) is 1.35. The number of amides is 1. The zero-order chi connectivity index (χ0) is 17.5. The van der Waals surface area contributed by atoms with Crippen LogP contribution < -0.4 is 14.9 Å². The number of benzene rings is 2. The third-order valence-corrected chi connectivity index (χ3v) is 3.54. The maximum absolute atomic E-state index is 13.0. The summed E-state index contributed by atoms with van der Waals surface area (Å²) in [6.45, 7) is -0.310. The van der Waals surface area contributed by atoms with E-state index in [2.05, 4.69) is 26.5 Å². The lowest BCUT2D eigenvalue weighted by Gasteiger charge is -2.06. The van der Waals surface area contributed by atoms with Gasteiger partial charge in [0.1, 0.15) is 11.6 Å². The van der Waals surface area contributed by atoms with Crippen LogP contribution in [0.4, 0.5) is 4.39 Å². The number of hydrogen-bond acceptors (Lipinski definition) is 5. The van der Waals surface area contributed by atoms with Gasteiger partial charge in [0, 0.05) is 16.1 Å². The number of halogens is 2. The largest absolute Gasteiger partial charge is 0.504 e. The minimum atomic E-state index is -0.510. The van der Waals surface area contributed by atoms with E-state index < -0.39 is 11.7 Å². The molecule has 0 radical (unpaired) electrons. The van der Waals surface area contributed by atoms with Crippen molar-refractivity contribution in [2.45, 2.75) is 0 Å². The average molecular weight is 397 g/mol. The molecule has 1 amide bonds. The number of ether oxygens (including phenoxy) is 2. The summed E-state index contributed by atoms with van der Waals surface area (Å²) in [4.78, 5) is 11.6. The summed E-state index contributed by atoms with van der Waals surface area (Å²) in [5.74, 6) is -0.453. The van der Waals surface area contributed by atoms with Gasteiger partial charge in [0.2, 0.25) is 0 Å². The molecule has 0 saturated carbocycles. The van der Waals surface area contributed by atoms with Crippen LogP contribution in [-0.4, -0.2) is 30.9 Å². The van der Waals surface area contributed by atoms with Crippen LogP contribution in [0.2, 0.25) is 0 Å². The lowest BCUT2D eigenvalue weighted by Crippen LogP contribution is -2.24. The monoisotopic (exact) mass is 396 g/mol. The predicted octanol–water partition coefficient (Wildman–Crippen LogP) is 2.83. The first-order valence-corrected chi connectivity index (χ1v) is 7.55. The first-order valence-electron chi connectivity index (χ1n) is 6.76. The number of carbonyl (C=O) groups excluding carboxylic acids is 1. The molecule has 0 fully saturated rings. The molecular weight excluding hydrogens is 383 g/mol. The summed E-state index contributed by atoms with van der Waals surface area (Å²) >= 11 is 3.30. The normalized spacial score (nSPS) is 10.6. The Kier molecular flexibility index (Phi) is 6.14. The minimum absolute atomic E-state index is 0.0529. The summed E-state index contributed by atoms with van der Waals surface area (Å²) in [7, 11) is 1.44. The van der Waals surface area contributed by atoms with E-state index in [1.54, 1.807) is 6.07 Å². The summed E-state index contributed by atoms with van der Waals surface area (Å²) in [5.41, 5.74) is 2.81. The highest BCUT2D eigenvalue weighted by atomic mass is 79.9. The van der Waals surface area contributed by atoms with Gasteiger partial charge in [0.05, 0.1) is 13.3 Å². The van der Waals surface area contributed by atoms with E-state index in [0.29, 0.717) is 15.8 Å². The van der Waals surface area contributed by atoms with E-state index in [0.717, 1.165) is 0 Å². The topological polar surface area (TPSA) is 80.2 Å². The summed E-state index contributed by atoms with van der Waals surface area (Å²) < 4.78 is 23.7. The molecule has 0 unspecified atom stereocenters. The van der Waals surface area contributed by atoms with Crippen molar-refractivity contribution in [2.24, 2.45) is 5.10 Å². The average Bonchev–Trinajstić information content (AvgIpc) is 2.56. The fourth-order valence-electron chi connectivity index (χ4n) is 1.73. The third-order valence-electron chi connectivity index (χ3n) is 2.86. The fraction of sp³-hybridized carbons (Fsp3) is 0.125. The number of nitrogens with one attached hydrogen (secondary N) is 1. The SMILES string of the molecule is COc1cc(Br)c(/C=N\NC(=O)COc2cccc(F)c2)cc1O. The first-order chi connectivity index (χ1) is 11.5. The second-order valence-corrected chi connectivity index (χ2v) is 5.44. The quantitative estimate of drug-likeness (QED) is 0.581. The number of methoxy groups -OCH3 is 1. The van der Waals surface area contributed by atoms with Crippen molar-refractivity contribution in [1.29, 1.82) is 0 Å². The molecule has 2 rings (SSSR count). The molecule has 0 heterocycles. The van der Waals surface area contributed by atoms with E-state index in [1.807, 2.05) is 0 Å². The molecule has 0 saturated heterocycles. The van der Waals surface area contributed by atoms with E-state index in [9.17, 15) is 14.3 Å². The van der Waals surface area contributed by atoms with Crippen LogP contribution in [0.5, 0.6) is 17.2 Å². The van der Waals surface area contributed by atoms with Gasteiger partial charge in [-0.15, -0.1) is 0 Å². The van der Waals surface area contributed by atoms with Crippen LogP contribution >= 0.6 is 15.9 Å². The molecular formula is C16H14BrFN2O4. The Morgan fingerprint density at radius 1 is 1.42 bits per heavy atom. The molecule has 24 heavy (non-hydrogen) atoms. The van der Waals surface area contributed by atoms with Gasteiger partial charge in [0.15, 0.2) is 18.1 Å². The number of nitrogens with zero attached hydrogens (tertiary/aromatic N) is 1. The third kappa shape index (κ3) is 4.95. The van der Waals surface area contributed by atoms with Gasteiger partial charge in [0.25, 0.3) is 5.91 Å². The number of hydrazone groups is 1. The maximum Gasteiger partial charge on any atom is 0.277 e. The van der Waals surface area contributed by atoms with Crippen LogP contribution in [0, 0.1) is 5.82 Å². The Hall–Kier alpha value is -2.61. The number of aromatic hydroxyl groups is 1. The Morgan fingerprint density at radius 3 is 2.92 bits per heavy atom. The molecule has 0 atom stereocenters. The van der Waals surface area contributed by atoms with E-state index in [1.165, 1.54) is 43.7 Å². The van der Waals surface area contributed by atoms with Crippen LogP contribution in [0.15, 0.2) is 46.0 Å². The first kappa shape index (κ1) is 17.7. The smallest absolute Gasteiger partial charge is 0.277 e. The molecule has 0 aliphatic heterocycles. The van der Waals surface area contributed by atoms with Crippen LogP contribution in [0.25, 0.3) is 0 Å². The molecule has 6 nitrogen and oxygen atoms in total. The number of carbonyl (C=O) groups is 1. The molecule has 2 N–H and O–H groups in total. The Balaban J connectivity index is 1.89. The Labute approximate surface area is 146 Å². The number of phenols is 1. The molecule has 8 heteroatoms. The van der Waals surface area contributed by atoms with Crippen molar-refractivity contribution >= 4 is 28.1 Å². The molecule has 0 aliphatic carbocycles. The van der Waals surface area contributed by atoms with E-state index in [4.69, 9.17) is 9.47 Å². The minimum Gasteiger partial charge on any atom is -0.504 e. The molecule has 0 aliphatic rings. The zero-order valence-electron chi connectivity index (χ0n) is 12.6. The molecule has 0 bridgehead atoms. The molecule has 2 aromatic rings. The molecule has 2 aromatic carbocycles. The van der Waals surface area contributed by atoms with E-state index in [-0.39, 0.29) is 18.1 Å². The summed E-state index contributed by atoms with van der Waals surface area (Å²) in [5, 5.41) is 13.5. The van der Waals surface area contributed by atoms with Gasteiger partial charge in [-0.1, -0.05) is 6.07 Å². The summed E-state index contributed by atoms with van der Waals surface area (Å²) in [6, 6.07) is 8.48. The molecule has 0 spiro atoms. The van der Waals surface area contributed by atoms with Crippen molar-refractivity contribution in [2.75, 3.05) is 13.7 Å². The highest BCUT2D eigenvalue weighted by Crippen LogP contribution is 2.31. The second kappa shape index (κ2) is 8.30. The molecule has 126 valence electrons. The molecule has 0 aromatic heterocycles. The van der Waals surface area contributed by atoms with Gasteiger partial charge >= 0.3 is 0 Å². The number of phenolic OH excluding ortho intramolecular Hbond substituents is 1. The van der Waals surface area contributed by atoms with Gasteiger partial charge in [-0.05, 0) is 40.2 Å². The van der Waals surface area contributed by atoms with Gasteiger partial charge in [-0.3, -0.25) is 4.79 Å². The van der Waals surface area contributed by atoms with Crippen molar-refractivity contribution in [3.8, 4) is 17.2 Å². The fourth-order valence-corrected chi connectivity index (χ4v) is 2.16. The maximum atomic E-state index is 13.0. The van der Waals surface area contributed by atoms with Gasteiger partial charge < -0.3 is 14.6 Å². The van der Waals surface area contributed by atoms with Crippen LogP contribution in [0.1, 0.15) is 5.56 Å². The second-order valence-electron chi connectivity index (χ2n) is 4.58. The number of rotatable bonds is 6. The zero-order valence-corrected chi connectivity index (χ0v) is 14.2. The van der Waals surface area contributed by atoms with Crippen molar-refractivity contribution in [3.63, 3.8) is 0 Å². The lowest BCUT2D eigenvalue weighted by atomic mass is 10.2. The predicted molar refractivity (Wildman–Crippen MR) is 90.0 cm³/mol.